The lowest BCUT2D eigenvalue weighted by atomic mass is 9.88. The summed E-state index contributed by atoms with van der Waals surface area (Å²) in [6.07, 6.45) is 11.6. The molecule has 0 aliphatic carbocycles. The zero-order valence-corrected chi connectivity index (χ0v) is 16.9. The van der Waals surface area contributed by atoms with Crippen molar-refractivity contribution < 1.29 is 24.1 Å². The van der Waals surface area contributed by atoms with E-state index in [-0.39, 0.29) is 6.61 Å². The predicted octanol–water partition coefficient (Wildman–Crippen LogP) is 2.93. The average Bonchev–Trinajstić information content (AvgIpc) is 2.83. The summed E-state index contributed by atoms with van der Waals surface area (Å²) < 4.78 is 15.9. The molecule has 1 aromatic rings. The quantitative estimate of drug-likeness (QED) is 0.729. The third-order valence-corrected chi connectivity index (χ3v) is 4.68. The molecule has 1 aliphatic rings. The van der Waals surface area contributed by atoms with Gasteiger partial charge in [0.15, 0.2) is 0 Å². The van der Waals surface area contributed by atoms with Crippen LogP contribution in [0.25, 0.3) is 6.08 Å². The first-order valence-electron chi connectivity index (χ1n) is 9.03. The minimum absolute atomic E-state index is 0.0860. The molecule has 28 heavy (non-hydrogen) atoms. The van der Waals surface area contributed by atoms with Crippen molar-refractivity contribution in [1.29, 1.82) is 0 Å². The monoisotopic (exact) mass is 388 g/mol. The normalized spacial score (nSPS) is 28.8. The van der Waals surface area contributed by atoms with Crippen LogP contribution < -0.4 is 10.4 Å². The van der Waals surface area contributed by atoms with Gasteiger partial charge in [0.1, 0.15) is 28.8 Å². The van der Waals surface area contributed by atoms with Gasteiger partial charge < -0.3 is 24.1 Å². The highest BCUT2D eigenvalue weighted by molar-refractivity contribution is 5.52. The fourth-order valence-corrected chi connectivity index (χ4v) is 3.10. The van der Waals surface area contributed by atoms with E-state index in [4.69, 9.17) is 13.9 Å². The standard InChI is InChI=1S/C22H28O6/c1-15(13-22(4)20(24)21(3,25)14-27-22)10-8-6-7-9-11-17-16(2)18(26-5)12-19(23)28-17/h6-13,20,24-25H,14H2,1-5H3/b7-6+,10-8+,11-9+,15-13+. The van der Waals surface area contributed by atoms with Crippen LogP contribution in [0.3, 0.4) is 0 Å². The lowest BCUT2D eigenvalue weighted by Gasteiger charge is -2.27. The minimum atomic E-state index is -1.26. The van der Waals surface area contributed by atoms with Crippen LogP contribution in [0.1, 0.15) is 32.1 Å². The van der Waals surface area contributed by atoms with Gasteiger partial charge >= 0.3 is 5.63 Å². The molecule has 1 aromatic heterocycles. The average molecular weight is 388 g/mol. The van der Waals surface area contributed by atoms with Gasteiger partial charge in [0.05, 0.1) is 19.8 Å². The Balaban J connectivity index is 2.01. The molecule has 2 heterocycles. The first kappa shape index (κ1) is 21.9. The molecule has 1 fully saturated rings. The molecule has 0 spiro atoms. The lowest BCUT2D eigenvalue weighted by Crippen LogP contribution is -2.45. The summed E-state index contributed by atoms with van der Waals surface area (Å²) in [5.41, 5.74) is -1.01. The Morgan fingerprint density at radius 1 is 1.29 bits per heavy atom. The molecule has 0 saturated carbocycles. The zero-order chi connectivity index (χ0) is 20.9. The van der Waals surface area contributed by atoms with Crippen molar-refractivity contribution in [2.75, 3.05) is 13.7 Å². The Labute approximate surface area is 165 Å². The second-order valence-corrected chi connectivity index (χ2v) is 7.35. The van der Waals surface area contributed by atoms with Crippen LogP contribution in [0.2, 0.25) is 0 Å². The van der Waals surface area contributed by atoms with Crippen LogP contribution >= 0.6 is 0 Å². The van der Waals surface area contributed by atoms with Gasteiger partial charge in [-0.25, -0.2) is 4.79 Å². The zero-order valence-electron chi connectivity index (χ0n) is 16.9. The molecule has 1 aliphatic heterocycles. The third-order valence-electron chi connectivity index (χ3n) is 4.68. The van der Waals surface area contributed by atoms with Gasteiger partial charge in [0.25, 0.3) is 0 Å². The Hall–Kier alpha value is -2.41. The number of rotatable bonds is 6. The van der Waals surface area contributed by atoms with Crippen LogP contribution in [0.15, 0.2) is 57.3 Å². The van der Waals surface area contributed by atoms with Crippen molar-refractivity contribution in [2.24, 2.45) is 0 Å². The summed E-state index contributed by atoms with van der Waals surface area (Å²) in [5, 5.41) is 20.3. The van der Waals surface area contributed by atoms with Crippen LogP contribution in [0.4, 0.5) is 0 Å². The molecule has 0 aromatic carbocycles. The van der Waals surface area contributed by atoms with Gasteiger partial charge in [0.2, 0.25) is 0 Å². The lowest BCUT2D eigenvalue weighted by molar-refractivity contribution is -0.0497. The van der Waals surface area contributed by atoms with Crippen LogP contribution in [-0.2, 0) is 4.74 Å². The Kier molecular flexibility index (Phi) is 6.82. The van der Waals surface area contributed by atoms with Gasteiger partial charge in [-0.15, -0.1) is 0 Å². The van der Waals surface area contributed by atoms with E-state index < -0.39 is 22.9 Å². The highest BCUT2D eigenvalue weighted by Gasteiger charge is 2.51. The molecular weight excluding hydrogens is 360 g/mol. The first-order chi connectivity index (χ1) is 13.1. The minimum Gasteiger partial charge on any atom is -0.496 e. The Morgan fingerprint density at radius 2 is 1.96 bits per heavy atom. The summed E-state index contributed by atoms with van der Waals surface area (Å²) >= 11 is 0. The number of allylic oxidation sites excluding steroid dienone is 6. The maximum absolute atomic E-state index is 11.5. The highest BCUT2D eigenvalue weighted by atomic mass is 16.5. The van der Waals surface area contributed by atoms with E-state index in [1.807, 2.05) is 32.1 Å². The Bertz CT molecular complexity index is 872. The van der Waals surface area contributed by atoms with Crippen molar-refractivity contribution in [3.63, 3.8) is 0 Å². The number of aliphatic hydroxyl groups is 2. The van der Waals surface area contributed by atoms with Gasteiger partial charge in [-0.05, 0) is 39.8 Å². The molecule has 0 bridgehead atoms. The second kappa shape index (κ2) is 8.73. The molecule has 6 heteroatoms. The molecule has 3 unspecified atom stereocenters. The van der Waals surface area contributed by atoms with Crippen molar-refractivity contribution in [3.8, 4) is 5.75 Å². The van der Waals surface area contributed by atoms with Crippen molar-refractivity contribution in [2.45, 2.75) is 45.0 Å². The summed E-state index contributed by atoms with van der Waals surface area (Å²) in [4.78, 5) is 11.5. The van der Waals surface area contributed by atoms with E-state index in [9.17, 15) is 15.0 Å². The smallest absolute Gasteiger partial charge is 0.339 e. The SMILES string of the molecule is COc1cc(=O)oc(/C=C/C=C/C=C/C(C)=C/C2(C)OCC(C)(O)C2O)c1C. The molecular formula is C22H28O6. The van der Waals surface area contributed by atoms with Crippen LogP contribution in [0, 0.1) is 6.92 Å². The van der Waals surface area contributed by atoms with E-state index in [0.717, 1.165) is 11.1 Å². The molecule has 6 nitrogen and oxygen atoms in total. The van der Waals surface area contributed by atoms with Gasteiger partial charge in [0, 0.05) is 5.56 Å². The largest absolute Gasteiger partial charge is 0.496 e. The second-order valence-electron chi connectivity index (χ2n) is 7.35. The molecule has 0 radical (unpaired) electrons. The molecule has 2 rings (SSSR count). The summed E-state index contributed by atoms with van der Waals surface area (Å²) in [5.74, 6) is 0.936. The van der Waals surface area contributed by atoms with Crippen molar-refractivity contribution in [3.05, 3.63) is 69.8 Å². The van der Waals surface area contributed by atoms with E-state index >= 15 is 0 Å². The number of hydrogen-bond acceptors (Lipinski definition) is 6. The number of aliphatic hydroxyl groups excluding tert-OH is 1. The highest BCUT2D eigenvalue weighted by Crippen LogP contribution is 2.35. The molecule has 152 valence electrons. The Morgan fingerprint density at radius 3 is 2.57 bits per heavy atom. The maximum Gasteiger partial charge on any atom is 0.339 e. The summed E-state index contributed by atoms with van der Waals surface area (Å²) in [6.45, 7) is 7.10. The van der Waals surface area contributed by atoms with Gasteiger partial charge in [-0.1, -0.05) is 36.0 Å². The first-order valence-corrected chi connectivity index (χ1v) is 9.03. The van der Waals surface area contributed by atoms with E-state index in [2.05, 4.69) is 0 Å². The van der Waals surface area contributed by atoms with Crippen LogP contribution in [-0.4, -0.2) is 41.2 Å². The molecule has 0 amide bonds. The topological polar surface area (TPSA) is 89.1 Å². The number of hydrogen-bond donors (Lipinski definition) is 2. The predicted molar refractivity (Wildman–Crippen MR) is 108 cm³/mol. The van der Waals surface area contributed by atoms with E-state index in [0.29, 0.717) is 11.5 Å². The summed E-state index contributed by atoms with van der Waals surface area (Å²) in [7, 11) is 1.51. The van der Waals surface area contributed by atoms with Crippen molar-refractivity contribution >= 4 is 6.08 Å². The van der Waals surface area contributed by atoms with Crippen LogP contribution in [0.5, 0.6) is 5.75 Å². The van der Waals surface area contributed by atoms with Gasteiger partial charge in [-0.3, -0.25) is 0 Å². The number of methoxy groups -OCH3 is 1. The molecule has 1 saturated heterocycles. The van der Waals surface area contributed by atoms with Crippen molar-refractivity contribution in [1.82, 2.24) is 0 Å². The van der Waals surface area contributed by atoms with Gasteiger partial charge in [-0.2, -0.15) is 0 Å². The molecule has 2 N–H and O–H groups in total. The third kappa shape index (κ3) is 5.10. The fourth-order valence-electron chi connectivity index (χ4n) is 3.10. The van der Waals surface area contributed by atoms with E-state index in [1.165, 1.54) is 13.2 Å². The maximum atomic E-state index is 11.5. The number of ether oxygens (including phenoxy) is 2. The summed E-state index contributed by atoms with van der Waals surface area (Å²) in [6, 6.07) is 1.31. The van der Waals surface area contributed by atoms with E-state index in [1.54, 1.807) is 38.2 Å². The fraction of sp³-hybridized carbons (Fsp3) is 0.409. The molecule has 3 atom stereocenters.